The Morgan fingerprint density at radius 2 is 2.12 bits per heavy atom. The zero-order valence-corrected chi connectivity index (χ0v) is 14.8. The first-order chi connectivity index (χ1) is 11.5. The highest BCUT2D eigenvalue weighted by atomic mass is 35.5. The van der Waals surface area contributed by atoms with Gasteiger partial charge in [-0.05, 0) is 31.9 Å². The molecule has 128 valence electrons. The summed E-state index contributed by atoms with van der Waals surface area (Å²) >= 11 is 6.29. The van der Waals surface area contributed by atoms with E-state index in [0.29, 0.717) is 5.02 Å². The molecule has 1 aromatic heterocycles. The number of carbonyl (C=O) groups is 1. The molecule has 5 nitrogen and oxygen atoms in total. The zero-order chi connectivity index (χ0) is 17.3. The molecule has 1 saturated heterocycles. The quantitative estimate of drug-likeness (QED) is 0.894. The summed E-state index contributed by atoms with van der Waals surface area (Å²) in [6.45, 7) is 5.12. The summed E-state index contributed by atoms with van der Waals surface area (Å²) in [7, 11) is 0. The van der Waals surface area contributed by atoms with Crippen LogP contribution < -0.4 is 11.1 Å². The number of aromatic nitrogens is 1. The number of anilines is 1. The highest BCUT2D eigenvalue weighted by Crippen LogP contribution is 2.30. The number of carbonyl (C=O) groups excluding carboxylic acids is 1. The van der Waals surface area contributed by atoms with Crippen LogP contribution >= 0.6 is 11.6 Å². The Bertz CT molecular complexity index is 754. The second kappa shape index (κ2) is 6.95. The van der Waals surface area contributed by atoms with Gasteiger partial charge in [0.2, 0.25) is 5.91 Å². The van der Waals surface area contributed by atoms with Gasteiger partial charge in [0.25, 0.3) is 0 Å². The number of rotatable bonds is 3. The van der Waals surface area contributed by atoms with Crippen LogP contribution in [0, 0.1) is 0 Å². The SMILES string of the molecule is CC(=O)N1CCC(Nc2nc3c(Cl)cccc3cc2C(C)N)CC1. The van der Waals surface area contributed by atoms with Crippen molar-refractivity contribution in [2.45, 2.75) is 38.8 Å². The Labute approximate surface area is 147 Å². The number of nitrogens with one attached hydrogen (secondary N) is 1. The van der Waals surface area contributed by atoms with E-state index in [-0.39, 0.29) is 18.0 Å². The van der Waals surface area contributed by atoms with E-state index in [1.54, 1.807) is 6.92 Å². The van der Waals surface area contributed by atoms with Gasteiger partial charge in [-0.15, -0.1) is 0 Å². The van der Waals surface area contributed by atoms with Gasteiger partial charge in [0.05, 0.1) is 10.5 Å². The summed E-state index contributed by atoms with van der Waals surface area (Å²) in [6, 6.07) is 7.98. The third-order valence-corrected chi connectivity index (χ3v) is 4.90. The van der Waals surface area contributed by atoms with Crippen molar-refractivity contribution in [3.63, 3.8) is 0 Å². The molecule has 0 spiro atoms. The smallest absolute Gasteiger partial charge is 0.219 e. The van der Waals surface area contributed by atoms with Crippen LogP contribution in [0.15, 0.2) is 24.3 Å². The third kappa shape index (κ3) is 3.47. The van der Waals surface area contributed by atoms with E-state index < -0.39 is 0 Å². The number of para-hydroxylation sites is 1. The highest BCUT2D eigenvalue weighted by molar-refractivity contribution is 6.35. The molecule has 1 aromatic carbocycles. The van der Waals surface area contributed by atoms with Crippen LogP contribution in [0.5, 0.6) is 0 Å². The number of hydrogen-bond acceptors (Lipinski definition) is 4. The minimum Gasteiger partial charge on any atom is -0.367 e. The molecule has 3 N–H and O–H groups in total. The van der Waals surface area contributed by atoms with Crippen molar-refractivity contribution in [3.8, 4) is 0 Å². The van der Waals surface area contributed by atoms with Gasteiger partial charge < -0.3 is 16.0 Å². The number of nitrogens with zero attached hydrogens (tertiary/aromatic N) is 2. The second-order valence-corrected chi connectivity index (χ2v) is 6.86. The maximum Gasteiger partial charge on any atom is 0.219 e. The number of piperidine rings is 1. The standard InChI is InChI=1S/C18H23ClN4O/c1-11(20)15-10-13-4-3-5-16(19)17(13)22-18(15)21-14-6-8-23(9-7-14)12(2)24/h3-5,10-11,14H,6-9,20H2,1-2H3,(H,21,22). The van der Waals surface area contributed by atoms with Crippen molar-refractivity contribution in [1.29, 1.82) is 0 Å². The van der Waals surface area contributed by atoms with Gasteiger partial charge in [-0.1, -0.05) is 23.7 Å². The minimum absolute atomic E-state index is 0.124. The largest absolute Gasteiger partial charge is 0.367 e. The summed E-state index contributed by atoms with van der Waals surface area (Å²) < 4.78 is 0. The molecule has 1 atom stereocenters. The van der Waals surface area contributed by atoms with Crippen LogP contribution in [-0.2, 0) is 4.79 Å². The molecule has 3 rings (SSSR count). The van der Waals surface area contributed by atoms with E-state index >= 15 is 0 Å². The lowest BCUT2D eigenvalue weighted by Crippen LogP contribution is -2.41. The number of fused-ring (bicyclic) bond motifs is 1. The molecule has 2 aromatic rings. The lowest BCUT2D eigenvalue weighted by molar-refractivity contribution is -0.129. The Morgan fingerprint density at radius 1 is 1.42 bits per heavy atom. The van der Waals surface area contributed by atoms with Gasteiger partial charge >= 0.3 is 0 Å². The number of hydrogen-bond donors (Lipinski definition) is 2. The van der Waals surface area contributed by atoms with Crippen LogP contribution in [0.1, 0.15) is 38.3 Å². The number of nitrogens with two attached hydrogens (primary N) is 1. The van der Waals surface area contributed by atoms with Crippen LogP contribution in [0.2, 0.25) is 5.02 Å². The van der Waals surface area contributed by atoms with Crippen LogP contribution in [0.3, 0.4) is 0 Å². The van der Waals surface area contributed by atoms with Crippen molar-refractivity contribution >= 4 is 34.2 Å². The van der Waals surface area contributed by atoms with Gasteiger partial charge in [0, 0.05) is 43.0 Å². The van der Waals surface area contributed by atoms with Crippen molar-refractivity contribution < 1.29 is 4.79 Å². The van der Waals surface area contributed by atoms with Crippen molar-refractivity contribution in [2.24, 2.45) is 5.73 Å². The Balaban J connectivity index is 1.87. The second-order valence-electron chi connectivity index (χ2n) is 6.45. The van der Waals surface area contributed by atoms with E-state index in [9.17, 15) is 4.79 Å². The van der Waals surface area contributed by atoms with E-state index in [2.05, 4.69) is 11.4 Å². The number of pyridine rings is 1. The van der Waals surface area contributed by atoms with Gasteiger partial charge in [-0.25, -0.2) is 4.98 Å². The van der Waals surface area contributed by atoms with Crippen LogP contribution in [0.4, 0.5) is 5.82 Å². The molecule has 24 heavy (non-hydrogen) atoms. The monoisotopic (exact) mass is 346 g/mol. The molecule has 1 amide bonds. The fourth-order valence-corrected chi connectivity index (χ4v) is 3.40. The summed E-state index contributed by atoms with van der Waals surface area (Å²) in [4.78, 5) is 18.1. The Morgan fingerprint density at radius 3 is 2.75 bits per heavy atom. The van der Waals surface area contributed by atoms with Crippen LogP contribution in [-0.4, -0.2) is 34.9 Å². The van der Waals surface area contributed by atoms with Crippen molar-refractivity contribution in [2.75, 3.05) is 18.4 Å². The first-order valence-corrected chi connectivity index (χ1v) is 8.70. The lowest BCUT2D eigenvalue weighted by Gasteiger charge is -2.32. The van der Waals surface area contributed by atoms with E-state index in [1.807, 2.05) is 30.0 Å². The van der Waals surface area contributed by atoms with E-state index in [0.717, 1.165) is 48.2 Å². The van der Waals surface area contributed by atoms with E-state index in [1.165, 1.54) is 0 Å². The molecule has 6 heteroatoms. The molecule has 2 heterocycles. The number of likely N-dealkylation sites (tertiary alicyclic amines) is 1. The molecule has 0 saturated carbocycles. The van der Waals surface area contributed by atoms with Crippen LogP contribution in [0.25, 0.3) is 10.9 Å². The fourth-order valence-electron chi connectivity index (χ4n) is 3.17. The normalized spacial score (nSPS) is 17.1. The molecule has 1 fully saturated rings. The maximum absolute atomic E-state index is 11.5. The number of halogens is 1. The summed E-state index contributed by atoms with van der Waals surface area (Å²) in [5.74, 6) is 0.937. The first kappa shape index (κ1) is 17.0. The number of benzene rings is 1. The molecule has 1 aliphatic heterocycles. The van der Waals surface area contributed by atoms with Gasteiger partial charge in [0.1, 0.15) is 5.82 Å². The summed E-state index contributed by atoms with van der Waals surface area (Å²) in [6.07, 6.45) is 1.81. The zero-order valence-electron chi connectivity index (χ0n) is 14.1. The average Bonchev–Trinajstić information content (AvgIpc) is 2.55. The fraction of sp³-hybridized carbons (Fsp3) is 0.444. The average molecular weight is 347 g/mol. The van der Waals surface area contributed by atoms with Gasteiger partial charge in [-0.3, -0.25) is 4.79 Å². The summed E-state index contributed by atoms with van der Waals surface area (Å²) in [5, 5.41) is 5.15. The maximum atomic E-state index is 11.5. The first-order valence-electron chi connectivity index (χ1n) is 8.32. The molecular formula is C18H23ClN4O. The topological polar surface area (TPSA) is 71.2 Å². The number of amides is 1. The Kier molecular flexibility index (Phi) is 4.92. The molecule has 0 radical (unpaired) electrons. The molecule has 1 aliphatic rings. The summed E-state index contributed by atoms with van der Waals surface area (Å²) in [5.41, 5.74) is 7.91. The van der Waals surface area contributed by atoms with E-state index in [4.69, 9.17) is 22.3 Å². The molecule has 0 bridgehead atoms. The van der Waals surface area contributed by atoms with Gasteiger partial charge in [0.15, 0.2) is 0 Å². The van der Waals surface area contributed by atoms with Crippen molar-refractivity contribution in [1.82, 2.24) is 9.88 Å². The Hall–Kier alpha value is -1.85. The molecule has 0 aliphatic carbocycles. The van der Waals surface area contributed by atoms with Gasteiger partial charge in [-0.2, -0.15) is 0 Å². The molecular weight excluding hydrogens is 324 g/mol. The molecule has 1 unspecified atom stereocenters. The van der Waals surface area contributed by atoms with Crippen molar-refractivity contribution in [3.05, 3.63) is 34.9 Å². The minimum atomic E-state index is -0.124. The highest BCUT2D eigenvalue weighted by Gasteiger charge is 2.22. The lowest BCUT2D eigenvalue weighted by atomic mass is 10.0. The third-order valence-electron chi connectivity index (χ3n) is 4.60. The predicted octanol–water partition coefficient (Wildman–Crippen LogP) is 3.33. The predicted molar refractivity (Wildman–Crippen MR) is 98.3 cm³/mol.